The van der Waals surface area contributed by atoms with Crippen molar-refractivity contribution in [2.24, 2.45) is 11.8 Å². The van der Waals surface area contributed by atoms with Gasteiger partial charge < -0.3 is 15.3 Å². The Morgan fingerprint density at radius 3 is 2.70 bits per heavy atom. The van der Waals surface area contributed by atoms with E-state index in [9.17, 15) is 19.5 Å². The first-order valence-corrected chi connectivity index (χ1v) is 7.33. The fraction of sp³-hybridized carbons (Fsp3) is 0.786. The highest BCUT2D eigenvalue weighted by molar-refractivity contribution is 5.88. The summed E-state index contributed by atoms with van der Waals surface area (Å²) < 4.78 is 0. The quantitative estimate of drug-likeness (QED) is 0.773. The molecule has 1 saturated carbocycles. The number of nitrogens with zero attached hydrogens (tertiary/aromatic N) is 1. The van der Waals surface area contributed by atoms with Crippen LogP contribution in [0.25, 0.3) is 0 Å². The monoisotopic (exact) mass is 282 g/mol. The third kappa shape index (κ3) is 2.94. The minimum atomic E-state index is -0.923. The highest BCUT2D eigenvalue weighted by atomic mass is 16.4. The summed E-state index contributed by atoms with van der Waals surface area (Å²) in [6, 6.07) is -0.710. The number of nitrogens with one attached hydrogen (secondary N) is 1. The van der Waals surface area contributed by atoms with E-state index in [1.165, 1.54) is 4.90 Å². The molecular weight excluding hydrogens is 260 g/mol. The van der Waals surface area contributed by atoms with E-state index in [4.69, 9.17) is 0 Å². The highest BCUT2D eigenvalue weighted by Gasteiger charge is 2.49. The molecule has 0 radical (unpaired) electrons. The van der Waals surface area contributed by atoms with E-state index in [1.807, 2.05) is 6.92 Å². The minimum Gasteiger partial charge on any atom is -0.480 e. The van der Waals surface area contributed by atoms with Gasteiger partial charge in [0.25, 0.3) is 0 Å². The molecule has 3 atom stereocenters. The maximum Gasteiger partial charge on any atom is 0.326 e. The van der Waals surface area contributed by atoms with Gasteiger partial charge in [0.15, 0.2) is 0 Å². The zero-order chi connectivity index (χ0) is 14.7. The van der Waals surface area contributed by atoms with E-state index in [2.05, 4.69) is 5.32 Å². The molecule has 2 fully saturated rings. The Balaban J connectivity index is 1.95. The van der Waals surface area contributed by atoms with Gasteiger partial charge in [-0.05, 0) is 31.1 Å². The fourth-order valence-corrected chi connectivity index (χ4v) is 3.47. The SMILES string of the molecule is CCCC(=O)NCC(=O)N1CC2CCCC2C1C(=O)O. The summed E-state index contributed by atoms with van der Waals surface area (Å²) in [5, 5.41) is 11.9. The van der Waals surface area contributed by atoms with Crippen molar-refractivity contribution in [1.29, 1.82) is 0 Å². The zero-order valence-electron chi connectivity index (χ0n) is 11.8. The molecule has 2 amide bonds. The van der Waals surface area contributed by atoms with Crippen LogP contribution < -0.4 is 5.32 Å². The third-order valence-corrected chi connectivity index (χ3v) is 4.38. The van der Waals surface area contributed by atoms with Crippen molar-refractivity contribution < 1.29 is 19.5 Å². The van der Waals surface area contributed by atoms with Crippen LogP contribution in [0.15, 0.2) is 0 Å². The molecule has 2 rings (SSSR count). The van der Waals surface area contributed by atoms with Crippen LogP contribution in [-0.2, 0) is 14.4 Å². The van der Waals surface area contributed by atoms with Crippen molar-refractivity contribution in [3.8, 4) is 0 Å². The van der Waals surface area contributed by atoms with Crippen molar-refractivity contribution in [3.05, 3.63) is 0 Å². The Labute approximate surface area is 118 Å². The predicted octanol–water partition coefficient (Wildman–Crippen LogP) is 0.614. The second-order valence-corrected chi connectivity index (χ2v) is 5.71. The van der Waals surface area contributed by atoms with Gasteiger partial charge >= 0.3 is 5.97 Å². The zero-order valence-corrected chi connectivity index (χ0v) is 11.8. The molecule has 0 aromatic carbocycles. The fourth-order valence-electron chi connectivity index (χ4n) is 3.47. The summed E-state index contributed by atoms with van der Waals surface area (Å²) in [5.41, 5.74) is 0. The van der Waals surface area contributed by atoms with E-state index in [0.29, 0.717) is 18.9 Å². The molecule has 1 aliphatic carbocycles. The summed E-state index contributed by atoms with van der Waals surface area (Å²) in [7, 11) is 0. The molecule has 1 saturated heterocycles. The molecule has 6 nitrogen and oxygen atoms in total. The molecule has 3 unspecified atom stereocenters. The Hall–Kier alpha value is -1.59. The number of aliphatic carboxylic acids is 1. The van der Waals surface area contributed by atoms with E-state index in [0.717, 1.165) is 25.7 Å². The lowest BCUT2D eigenvalue weighted by molar-refractivity contribution is -0.149. The Bertz CT molecular complexity index is 410. The number of carbonyl (C=O) groups is 3. The van der Waals surface area contributed by atoms with Crippen LogP contribution in [0.5, 0.6) is 0 Å². The molecule has 20 heavy (non-hydrogen) atoms. The second-order valence-electron chi connectivity index (χ2n) is 5.71. The van der Waals surface area contributed by atoms with Crippen LogP contribution in [0.2, 0.25) is 0 Å². The summed E-state index contributed by atoms with van der Waals surface area (Å²) in [4.78, 5) is 36.4. The lowest BCUT2D eigenvalue weighted by Gasteiger charge is -2.24. The number of likely N-dealkylation sites (tertiary alicyclic amines) is 1. The van der Waals surface area contributed by atoms with Crippen molar-refractivity contribution in [2.45, 2.75) is 45.1 Å². The third-order valence-electron chi connectivity index (χ3n) is 4.38. The normalized spacial score (nSPS) is 28.2. The Morgan fingerprint density at radius 1 is 1.30 bits per heavy atom. The smallest absolute Gasteiger partial charge is 0.326 e. The van der Waals surface area contributed by atoms with Gasteiger partial charge in [-0.2, -0.15) is 0 Å². The predicted molar refractivity (Wildman–Crippen MR) is 71.9 cm³/mol. The first-order chi connectivity index (χ1) is 9.54. The molecule has 0 spiro atoms. The average molecular weight is 282 g/mol. The van der Waals surface area contributed by atoms with Crippen molar-refractivity contribution in [2.75, 3.05) is 13.1 Å². The van der Waals surface area contributed by atoms with Crippen molar-refractivity contribution in [3.63, 3.8) is 0 Å². The summed E-state index contributed by atoms with van der Waals surface area (Å²) in [6.45, 7) is 2.32. The van der Waals surface area contributed by atoms with E-state index in [1.54, 1.807) is 0 Å². The summed E-state index contributed by atoms with van der Waals surface area (Å²) >= 11 is 0. The lowest BCUT2D eigenvalue weighted by Crippen LogP contribution is -2.47. The van der Waals surface area contributed by atoms with Crippen LogP contribution in [0, 0.1) is 11.8 Å². The first kappa shape index (κ1) is 14.8. The van der Waals surface area contributed by atoms with Gasteiger partial charge in [0, 0.05) is 13.0 Å². The molecule has 0 aromatic rings. The molecule has 0 bridgehead atoms. The van der Waals surface area contributed by atoms with Gasteiger partial charge in [0.05, 0.1) is 6.54 Å². The van der Waals surface area contributed by atoms with Crippen molar-refractivity contribution in [1.82, 2.24) is 10.2 Å². The molecule has 2 aliphatic rings. The lowest BCUT2D eigenvalue weighted by atomic mass is 9.94. The molecule has 2 N–H and O–H groups in total. The molecule has 6 heteroatoms. The molecule has 1 aliphatic heterocycles. The number of carbonyl (C=O) groups excluding carboxylic acids is 2. The Kier molecular flexibility index (Phi) is 4.62. The van der Waals surface area contributed by atoms with Crippen LogP contribution in [0.4, 0.5) is 0 Å². The number of fused-ring (bicyclic) bond motifs is 1. The molecule has 1 heterocycles. The number of amides is 2. The standard InChI is InChI=1S/C14H22N2O4/c1-2-4-11(17)15-7-12(18)16-8-9-5-3-6-10(9)13(16)14(19)20/h9-10,13H,2-8H2,1H3,(H,15,17)(H,19,20). The van der Waals surface area contributed by atoms with E-state index in [-0.39, 0.29) is 24.3 Å². The topological polar surface area (TPSA) is 86.7 Å². The number of hydrogen-bond donors (Lipinski definition) is 2. The van der Waals surface area contributed by atoms with Crippen LogP contribution in [0.3, 0.4) is 0 Å². The van der Waals surface area contributed by atoms with Crippen LogP contribution in [-0.4, -0.2) is 46.9 Å². The highest BCUT2D eigenvalue weighted by Crippen LogP contribution is 2.42. The van der Waals surface area contributed by atoms with Crippen LogP contribution in [0.1, 0.15) is 39.0 Å². The number of rotatable bonds is 5. The van der Waals surface area contributed by atoms with Crippen molar-refractivity contribution >= 4 is 17.8 Å². The first-order valence-electron chi connectivity index (χ1n) is 7.33. The largest absolute Gasteiger partial charge is 0.480 e. The van der Waals surface area contributed by atoms with Gasteiger partial charge in [-0.1, -0.05) is 13.3 Å². The minimum absolute atomic E-state index is 0.0859. The molecular formula is C14H22N2O4. The Morgan fingerprint density at radius 2 is 2.05 bits per heavy atom. The van der Waals surface area contributed by atoms with Gasteiger partial charge in [0.2, 0.25) is 11.8 Å². The average Bonchev–Trinajstić information content (AvgIpc) is 2.95. The number of hydrogen-bond acceptors (Lipinski definition) is 3. The van der Waals surface area contributed by atoms with E-state index < -0.39 is 12.0 Å². The van der Waals surface area contributed by atoms with Gasteiger partial charge in [-0.15, -0.1) is 0 Å². The summed E-state index contributed by atoms with van der Waals surface area (Å²) in [6.07, 6.45) is 4.05. The van der Waals surface area contributed by atoms with Gasteiger partial charge in [0.1, 0.15) is 6.04 Å². The summed E-state index contributed by atoms with van der Waals surface area (Å²) in [5.74, 6) is -0.967. The van der Waals surface area contributed by atoms with E-state index >= 15 is 0 Å². The van der Waals surface area contributed by atoms with Gasteiger partial charge in [-0.3, -0.25) is 9.59 Å². The number of carboxylic acid groups (broad SMARTS) is 1. The van der Waals surface area contributed by atoms with Gasteiger partial charge in [-0.25, -0.2) is 4.79 Å². The number of carboxylic acids is 1. The molecule has 0 aromatic heterocycles. The van der Waals surface area contributed by atoms with Crippen LogP contribution >= 0.6 is 0 Å². The molecule has 112 valence electrons. The maximum absolute atomic E-state index is 12.1. The maximum atomic E-state index is 12.1. The second kappa shape index (κ2) is 6.24.